The molecule has 1 amide bonds. The number of esters is 1. The van der Waals surface area contributed by atoms with Crippen LogP contribution in [0.1, 0.15) is 57.7 Å². The number of anilines is 1. The second-order valence-electron chi connectivity index (χ2n) is 9.83. The zero-order chi connectivity index (χ0) is 27.8. The first-order valence-electron chi connectivity index (χ1n) is 13.1. The Bertz CT molecular complexity index is 1670. The maximum Gasteiger partial charge on any atom is 0.338 e. The highest BCUT2D eigenvalue weighted by molar-refractivity contribution is 7.98. The molecule has 7 nitrogen and oxygen atoms in total. The molecule has 0 saturated heterocycles. The van der Waals surface area contributed by atoms with Crippen LogP contribution in [0.3, 0.4) is 0 Å². The summed E-state index contributed by atoms with van der Waals surface area (Å²) in [5, 5.41) is 0. The fraction of sp³-hybridized carbons (Fsp3) is 0.333. The van der Waals surface area contributed by atoms with Crippen LogP contribution in [0.4, 0.5) is 5.69 Å². The third-order valence-corrected chi connectivity index (χ3v) is 8.67. The van der Waals surface area contributed by atoms with Crippen LogP contribution in [0.25, 0.3) is 5.57 Å². The van der Waals surface area contributed by atoms with Crippen molar-refractivity contribution >= 4 is 46.2 Å². The largest absolute Gasteiger partial charge is 0.459 e. The van der Waals surface area contributed by atoms with Crippen LogP contribution in [-0.4, -0.2) is 35.3 Å². The molecule has 3 heterocycles. The molecule has 202 valence electrons. The van der Waals surface area contributed by atoms with Gasteiger partial charge in [0, 0.05) is 17.0 Å². The monoisotopic (exact) mass is 561 g/mol. The van der Waals surface area contributed by atoms with Gasteiger partial charge in [0.2, 0.25) is 0 Å². The Balaban J connectivity index is 1.76. The van der Waals surface area contributed by atoms with Crippen LogP contribution in [0.15, 0.2) is 74.5 Å². The molecule has 0 aliphatic carbocycles. The molecule has 0 saturated carbocycles. The van der Waals surface area contributed by atoms with Crippen LogP contribution in [-0.2, 0) is 14.3 Å². The van der Waals surface area contributed by atoms with E-state index < -0.39 is 12.0 Å². The van der Waals surface area contributed by atoms with E-state index >= 15 is 0 Å². The van der Waals surface area contributed by atoms with E-state index in [1.165, 1.54) is 11.3 Å². The third-order valence-electron chi connectivity index (χ3n) is 6.88. The summed E-state index contributed by atoms with van der Waals surface area (Å²) in [4.78, 5) is 49.3. The van der Waals surface area contributed by atoms with Crippen molar-refractivity contribution in [2.45, 2.75) is 57.6 Å². The average Bonchev–Trinajstić information content (AvgIpc) is 3.38. The normalized spacial score (nSPS) is 17.8. The van der Waals surface area contributed by atoms with Crippen molar-refractivity contribution in [2.75, 3.05) is 17.7 Å². The van der Waals surface area contributed by atoms with Gasteiger partial charge in [-0.3, -0.25) is 14.2 Å². The maximum absolute atomic E-state index is 14.2. The number of para-hydroxylation sites is 1. The van der Waals surface area contributed by atoms with Crippen molar-refractivity contribution in [3.63, 3.8) is 0 Å². The number of rotatable bonds is 7. The molecule has 2 aliphatic rings. The Labute approximate surface area is 235 Å². The predicted molar refractivity (Wildman–Crippen MR) is 156 cm³/mol. The summed E-state index contributed by atoms with van der Waals surface area (Å²) in [7, 11) is 0. The molecule has 0 fully saturated rings. The summed E-state index contributed by atoms with van der Waals surface area (Å²) < 4.78 is 7.48. The summed E-state index contributed by atoms with van der Waals surface area (Å²) >= 11 is 2.81. The molecule has 2 aliphatic heterocycles. The van der Waals surface area contributed by atoms with Crippen LogP contribution >= 0.6 is 23.1 Å². The van der Waals surface area contributed by atoms with Crippen LogP contribution in [0.2, 0.25) is 0 Å². The number of hydrogen-bond acceptors (Lipinski definition) is 7. The molecule has 5 rings (SSSR count). The van der Waals surface area contributed by atoms with Gasteiger partial charge in [0.15, 0.2) is 4.80 Å². The molecule has 1 unspecified atom stereocenters. The van der Waals surface area contributed by atoms with E-state index in [1.807, 2.05) is 54.8 Å². The number of thioether (sulfide) groups is 1. The highest BCUT2D eigenvalue weighted by Gasteiger charge is 2.37. The van der Waals surface area contributed by atoms with Gasteiger partial charge in [0.05, 0.1) is 34.7 Å². The zero-order valence-electron chi connectivity index (χ0n) is 22.7. The van der Waals surface area contributed by atoms with Gasteiger partial charge in [-0.15, -0.1) is 11.8 Å². The van der Waals surface area contributed by atoms with E-state index in [0.717, 1.165) is 34.6 Å². The summed E-state index contributed by atoms with van der Waals surface area (Å²) in [5.74, 6) is -0.679. The van der Waals surface area contributed by atoms with Crippen molar-refractivity contribution in [3.8, 4) is 0 Å². The topological polar surface area (TPSA) is 81.0 Å². The summed E-state index contributed by atoms with van der Waals surface area (Å²) in [5.41, 5.74) is 3.23. The lowest BCUT2D eigenvalue weighted by atomic mass is 9.96. The Morgan fingerprint density at radius 1 is 1.13 bits per heavy atom. The number of ether oxygens (including phenoxy) is 1. The number of carbonyl (C=O) groups excluding carboxylic acids is 2. The molecular formula is C30H31N3O4S2. The van der Waals surface area contributed by atoms with Crippen LogP contribution in [0.5, 0.6) is 0 Å². The smallest absolute Gasteiger partial charge is 0.338 e. The number of aromatic nitrogens is 1. The van der Waals surface area contributed by atoms with Crippen molar-refractivity contribution in [3.05, 3.63) is 90.6 Å². The lowest BCUT2D eigenvalue weighted by Gasteiger charge is -2.25. The van der Waals surface area contributed by atoms with Crippen molar-refractivity contribution in [1.82, 2.24) is 4.57 Å². The van der Waals surface area contributed by atoms with Crippen LogP contribution < -0.4 is 19.8 Å². The summed E-state index contributed by atoms with van der Waals surface area (Å²) in [6.45, 7) is 8.02. The lowest BCUT2D eigenvalue weighted by Crippen LogP contribution is -2.41. The fourth-order valence-corrected chi connectivity index (χ4v) is 6.59. The Hall–Kier alpha value is -3.43. The number of thiazole rings is 1. The average molecular weight is 562 g/mol. The van der Waals surface area contributed by atoms with E-state index in [4.69, 9.17) is 4.74 Å². The Morgan fingerprint density at radius 2 is 1.85 bits per heavy atom. The first-order chi connectivity index (χ1) is 18.8. The third kappa shape index (κ3) is 4.78. The van der Waals surface area contributed by atoms with Gasteiger partial charge in [-0.2, -0.15) is 0 Å². The maximum atomic E-state index is 14.2. The molecule has 0 spiro atoms. The van der Waals surface area contributed by atoms with Gasteiger partial charge in [-0.25, -0.2) is 9.79 Å². The van der Waals surface area contributed by atoms with E-state index in [9.17, 15) is 14.4 Å². The highest BCUT2D eigenvalue weighted by Crippen LogP contribution is 2.36. The number of amides is 1. The number of fused-ring (bicyclic) bond motifs is 2. The van der Waals surface area contributed by atoms with Crippen molar-refractivity contribution < 1.29 is 14.3 Å². The minimum absolute atomic E-state index is 0.175. The van der Waals surface area contributed by atoms with Gasteiger partial charge in [-0.1, -0.05) is 55.0 Å². The van der Waals surface area contributed by atoms with Gasteiger partial charge >= 0.3 is 5.97 Å². The number of hydrogen-bond donors (Lipinski definition) is 0. The Kier molecular flexibility index (Phi) is 7.64. The van der Waals surface area contributed by atoms with Gasteiger partial charge in [0.25, 0.3) is 11.5 Å². The molecule has 1 aromatic heterocycles. The van der Waals surface area contributed by atoms with E-state index in [2.05, 4.69) is 11.9 Å². The number of unbranched alkanes of at least 4 members (excludes halogenated alkanes) is 1. The first kappa shape index (κ1) is 27.1. The molecule has 39 heavy (non-hydrogen) atoms. The fourth-order valence-electron chi connectivity index (χ4n) is 5.05. The predicted octanol–water partition coefficient (Wildman–Crippen LogP) is 4.43. The van der Waals surface area contributed by atoms with Crippen LogP contribution in [0, 0.1) is 0 Å². The Morgan fingerprint density at radius 3 is 2.51 bits per heavy atom. The number of allylic oxidation sites excluding steroid dienone is 1. The molecule has 0 radical (unpaired) electrons. The van der Waals surface area contributed by atoms with E-state index in [0.29, 0.717) is 32.7 Å². The quantitative estimate of drug-likeness (QED) is 0.315. The molecular weight excluding hydrogens is 530 g/mol. The minimum atomic E-state index is -0.722. The SMILES string of the molecule is CCCCN1C(=O)C(=c2sc3n(c2=O)C(c2ccc(SC)cc2)C(C(=O)OC(C)C)=C(C)N=3)c2ccccc21. The summed E-state index contributed by atoms with van der Waals surface area (Å²) in [6, 6.07) is 14.7. The molecule has 3 aromatic rings. The minimum Gasteiger partial charge on any atom is -0.459 e. The highest BCUT2D eigenvalue weighted by atomic mass is 32.2. The van der Waals surface area contributed by atoms with Crippen molar-refractivity contribution in [1.29, 1.82) is 0 Å². The van der Waals surface area contributed by atoms with E-state index in [-0.39, 0.29) is 17.6 Å². The number of benzene rings is 2. The molecule has 0 N–H and O–H groups in total. The molecule has 2 aromatic carbocycles. The standard InChI is InChI=1S/C30H31N3O4S2/c1-6-7-16-32-22-11-9-8-10-21(22)24(27(32)34)26-28(35)33-25(19-12-14-20(38-5)15-13-19)23(29(36)37-17(2)3)18(4)31-30(33)39-26/h8-15,17,25H,6-7,16H2,1-5H3. The van der Waals surface area contributed by atoms with Gasteiger partial charge in [-0.05, 0) is 57.2 Å². The molecule has 9 heteroatoms. The number of nitrogens with zero attached hydrogens (tertiary/aromatic N) is 3. The number of carbonyl (C=O) groups is 2. The molecule has 1 atom stereocenters. The second-order valence-corrected chi connectivity index (χ2v) is 11.7. The lowest BCUT2D eigenvalue weighted by molar-refractivity contribution is -0.143. The van der Waals surface area contributed by atoms with E-state index in [1.54, 1.807) is 42.0 Å². The summed E-state index contributed by atoms with van der Waals surface area (Å²) in [6.07, 6.45) is 3.48. The first-order valence-corrected chi connectivity index (χ1v) is 15.1. The zero-order valence-corrected chi connectivity index (χ0v) is 24.3. The van der Waals surface area contributed by atoms with Crippen molar-refractivity contribution in [2.24, 2.45) is 4.99 Å². The van der Waals surface area contributed by atoms with Gasteiger partial charge in [0.1, 0.15) is 4.53 Å². The second kappa shape index (κ2) is 11.0. The molecule has 0 bridgehead atoms. The van der Waals surface area contributed by atoms with Gasteiger partial charge < -0.3 is 9.64 Å².